The Morgan fingerprint density at radius 3 is 2.25 bits per heavy atom. The van der Waals surface area contributed by atoms with Crippen molar-refractivity contribution in [3.63, 3.8) is 0 Å². The summed E-state index contributed by atoms with van der Waals surface area (Å²) in [5, 5.41) is 4.26. The molecule has 0 fully saturated rings. The molecule has 4 rings (SSSR count). The van der Waals surface area contributed by atoms with E-state index in [1.54, 1.807) is 0 Å². The molecule has 0 aliphatic heterocycles. The number of hydrogen-bond donors (Lipinski definition) is 1. The minimum absolute atomic E-state index is 0.0351. The number of pyridine rings is 1. The second kappa shape index (κ2) is 8.53. The van der Waals surface area contributed by atoms with Crippen LogP contribution in [0, 0.1) is 0 Å². The van der Waals surface area contributed by atoms with Crippen molar-refractivity contribution in [2.24, 2.45) is 0 Å². The fourth-order valence-electron chi connectivity index (χ4n) is 3.55. The molecular weight excluding hydrogens is 346 g/mol. The average Bonchev–Trinajstić information content (AvgIpc) is 3.16. The van der Waals surface area contributed by atoms with Gasteiger partial charge in [-0.15, -0.1) is 0 Å². The molecule has 0 saturated heterocycles. The molecule has 2 aromatic carbocycles. The van der Waals surface area contributed by atoms with Gasteiger partial charge in [0.15, 0.2) is 0 Å². The van der Waals surface area contributed by atoms with Crippen molar-refractivity contribution in [3.8, 4) is 0 Å². The first-order chi connectivity index (χ1) is 13.8. The maximum atomic E-state index is 13.0. The van der Waals surface area contributed by atoms with Crippen molar-refractivity contribution < 1.29 is 4.79 Å². The van der Waals surface area contributed by atoms with Gasteiger partial charge in [0.05, 0.1) is 5.92 Å². The van der Waals surface area contributed by atoms with Crippen LogP contribution in [-0.4, -0.2) is 22.0 Å². The molecule has 0 radical (unpaired) electrons. The summed E-state index contributed by atoms with van der Waals surface area (Å²) >= 11 is 0. The van der Waals surface area contributed by atoms with Crippen LogP contribution < -0.4 is 5.32 Å². The van der Waals surface area contributed by atoms with E-state index in [0.29, 0.717) is 6.54 Å². The topological polar surface area (TPSA) is 46.9 Å². The third-order valence-electron chi connectivity index (χ3n) is 4.93. The summed E-state index contributed by atoms with van der Waals surface area (Å²) in [6, 6.07) is 26.0. The summed E-state index contributed by atoms with van der Waals surface area (Å²) in [7, 11) is 0. The van der Waals surface area contributed by atoms with E-state index in [9.17, 15) is 4.79 Å². The van der Waals surface area contributed by atoms with Gasteiger partial charge in [-0.25, -0.2) is 4.98 Å². The molecule has 2 heterocycles. The zero-order chi connectivity index (χ0) is 19.2. The van der Waals surface area contributed by atoms with Crippen molar-refractivity contribution >= 4 is 16.9 Å². The number of fused-ring (bicyclic) bond motifs is 1. The largest absolute Gasteiger partial charge is 0.355 e. The van der Waals surface area contributed by atoms with Gasteiger partial charge in [0.25, 0.3) is 0 Å². The van der Waals surface area contributed by atoms with Crippen LogP contribution in [0.15, 0.2) is 91.3 Å². The van der Waals surface area contributed by atoms with E-state index in [2.05, 4.69) is 33.2 Å². The second-order valence-corrected chi connectivity index (χ2v) is 6.82. The maximum Gasteiger partial charge on any atom is 0.232 e. The van der Waals surface area contributed by atoms with E-state index in [4.69, 9.17) is 0 Å². The first kappa shape index (κ1) is 18.0. The number of rotatable bonds is 7. The lowest BCUT2D eigenvalue weighted by atomic mass is 9.90. The van der Waals surface area contributed by atoms with Gasteiger partial charge >= 0.3 is 0 Å². The number of nitrogens with zero attached hydrogens (tertiary/aromatic N) is 2. The predicted molar refractivity (Wildman–Crippen MR) is 112 cm³/mol. The molecule has 0 saturated carbocycles. The Labute approximate surface area is 164 Å². The molecule has 4 nitrogen and oxygen atoms in total. The molecule has 4 heteroatoms. The van der Waals surface area contributed by atoms with Crippen LogP contribution in [0.4, 0.5) is 0 Å². The highest BCUT2D eigenvalue weighted by Crippen LogP contribution is 2.24. The number of amides is 1. The van der Waals surface area contributed by atoms with Gasteiger partial charge < -0.3 is 9.88 Å². The normalized spacial score (nSPS) is 11.0. The summed E-state index contributed by atoms with van der Waals surface area (Å²) in [4.78, 5) is 17.4. The summed E-state index contributed by atoms with van der Waals surface area (Å²) in [5.74, 6) is -0.260. The first-order valence-electron chi connectivity index (χ1n) is 9.60. The minimum atomic E-state index is -0.295. The zero-order valence-electron chi connectivity index (χ0n) is 15.7. The molecule has 0 unspecified atom stereocenters. The third-order valence-corrected chi connectivity index (χ3v) is 4.93. The Kier molecular flexibility index (Phi) is 5.48. The molecule has 0 spiro atoms. The van der Waals surface area contributed by atoms with E-state index in [0.717, 1.165) is 35.1 Å². The number of nitrogens with one attached hydrogen (secondary N) is 1. The molecule has 140 valence electrons. The molecular formula is C24H23N3O. The van der Waals surface area contributed by atoms with Crippen LogP contribution >= 0.6 is 0 Å². The van der Waals surface area contributed by atoms with Gasteiger partial charge in [-0.2, -0.15) is 0 Å². The van der Waals surface area contributed by atoms with Crippen LogP contribution in [0.2, 0.25) is 0 Å². The van der Waals surface area contributed by atoms with Gasteiger partial charge in [-0.3, -0.25) is 4.79 Å². The molecule has 2 aromatic heterocycles. The first-order valence-corrected chi connectivity index (χ1v) is 9.60. The van der Waals surface area contributed by atoms with Crippen LogP contribution in [0.3, 0.4) is 0 Å². The van der Waals surface area contributed by atoms with Gasteiger partial charge in [-0.05, 0) is 35.7 Å². The van der Waals surface area contributed by atoms with Crippen LogP contribution in [-0.2, 0) is 11.3 Å². The Balaban J connectivity index is 1.41. The number of benzene rings is 2. The van der Waals surface area contributed by atoms with Crippen molar-refractivity contribution in [3.05, 3.63) is 102 Å². The van der Waals surface area contributed by atoms with Gasteiger partial charge in [0, 0.05) is 30.9 Å². The van der Waals surface area contributed by atoms with E-state index >= 15 is 0 Å². The van der Waals surface area contributed by atoms with Crippen molar-refractivity contribution in [1.82, 2.24) is 14.9 Å². The molecule has 28 heavy (non-hydrogen) atoms. The molecule has 4 aromatic rings. The quantitative estimate of drug-likeness (QED) is 0.492. The number of aromatic nitrogens is 2. The summed E-state index contributed by atoms with van der Waals surface area (Å²) < 4.78 is 2.13. The zero-order valence-corrected chi connectivity index (χ0v) is 15.7. The summed E-state index contributed by atoms with van der Waals surface area (Å²) in [6.45, 7) is 1.45. The van der Waals surface area contributed by atoms with Gasteiger partial charge in [0.1, 0.15) is 5.65 Å². The van der Waals surface area contributed by atoms with Crippen molar-refractivity contribution in [2.45, 2.75) is 18.9 Å². The smallest absolute Gasteiger partial charge is 0.232 e. The van der Waals surface area contributed by atoms with Crippen molar-refractivity contribution in [2.75, 3.05) is 6.54 Å². The van der Waals surface area contributed by atoms with Crippen LogP contribution in [0.5, 0.6) is 0 Å². The SMILES string of the molecule is O=C(NCCCn1ccc2cccnc21)C(c1ccccc1)c1ccccc1. The fourth-order valence-corrected chi connectivity index (χ4v) is 3.55. The lowest BCUT2D eigenvalue weighted by Gasteiger charge is -2.18. The van der Waals surface area contributed by atoms with Crippen LogP contribution in [0.25, 0.3) is 11.0 Å². The van der Waals surface area contributed by atoms with Crippen LogP contribution in [0.1, 0.15) is 23.5 Å². The third kappa shape index (κ3) is 3.96. The van der Waals surface area contributed by atoms with Gasteiger partial charge in [-0.1, -0.05) is 60.7 Å². The summed E-state index contributed by atoms with van der Waals surface area (Å²) in [5.41, 5.74) is 3.00. The molecule has 0 atom stereocenters. The number of hydrogen-bond acceptors (Lipinski definition) is 2. The second-order valence-electron chi connectivity index (χ2n) is 6.82. The van der Waals surface area contributed by atoms with E-state index in [-0.39, 0.29) is 11.8 Å². The van der Waals surface area contributed by atoms with Crippen molar-refractivity contribution in [1.29, 1.82) is 0 Å². The number of carbonyl (C=O) groups is 1. The molecule has 1 amide bonds. The fraction of sp³-hybridized carbons (Fsp3) is 0.167. The Hall–Kier alpha value is -3.40. The Morgan fingerprint density at radius 2 is 1.57 bits per heavy atom. The monoisotopic (exact) mass is 369 g/mol. The number of carbonyl (C=O) groups excluding carboxylic acids is 1. The van der Waals surface area contributed by atoms with Gasteiger partial charge in [0.2, 0.25) is 5.91 Å². The molecule has 0 aliphatic rings. The maximum absolute atomic E-state index is 13.0. The average molecular weight is 369 g/mol. The predicted octanol–water partition coefficient (Wildman–Crippen LogP) is 4.37. The van der Waals surface area contributed by atoms with E-state index in [1.807, 2.05) is 72.9 Å². The standard InChI is InChI=1S/C24H23N3O/c28-24(22(19-9-3-1-4-10-19)20-11-5-2-6-12-20)26-16-8-17-27-18-14-21-13-7-15-25-23(21)27/h1-7,9-15,18,22H,8,16-17H2,(H,26,28). The molecule has 1 N–H and O–H groups in total. The molecule has 0 aliphatic carbocycles. The minimum Gasteiger partial charge on any atom is -0.355 e. The summed E-state index contributed by atoms with van der Waals surface area (Å²) in [6.07, 6.45) is 4.71. The number of aryl methyl sites for hydroxylation is 1. The van der Waals surface area contributed by atoms with E-state index < -0.39 is 0 Å². The Morgan fingerprint density at radius 1 is 0.893 bits per heavy atom. The highest BCUT2D eigenvalue weighted by Gasteiger charge is 2.21. The lowest BCUT2D eigenvalue weighted by Crippen LogP contribution is -2.31. The molecule has 0 bridgehead atoms. The Bertz CT molecular complexity index is 1000. The highest BCUT2D eigenvalue weighted by molar-refractivity contribution is 5.87. The highest BCUT2D eigenvalue weighted by atomic mass is 16.1. The lowest BCUT2D eigenvalue weighted by molar-refractivity contribution is -0.121. The van der Waals surface area contributed by atoms with E-state index in [1.165, 1.54) is 0 Å².